The molecule has 3 rings (SSSR count). The molecule has 1 heterocycles. The molecule has 2 aromatic carbocycles. The number of hydrogen-bond donors (Lipinski definition) is 1. The Balaban J connectivity index is 1.87. The fraction of sp³-hybridized carbons (Fsp3) is 0.111. The lowest BCUT2D eigenvalue weighted by Crippen LogP contribution is -2.12. The molecule has 1 N–H and O–H groups in total. The minimum Gasteiger partial charge on any atom is -0.497 e. The Labute approximate surface area is 164 Å². The number of nitrogens with one attached hydrogen (secondary N) is 1. The minimum absolute atomic E-state index is 0.287. The predicted molar refractivity (Wildman–Crippen MR) is 105 cm³/mol. The molecule has 5 nitrogen and oxygen atoms in total. The van der Waals surface area contributed by atoms with Crippen molar-refractivity contribution in [3.05, 3.63) is 57.4 Å². The first-order valence-electron chi connectivity index (χ1n) is 7.46. The van der Waals surface area contributed by atoms with Crippen molar-refractivity contribution in [2.45, 2.75) is 0 Å². The molecule has 0 spiro atoms. The van der Waals surface area contributed by atoms with Crippen molar-refractivity contribution in [1.82, 2.24) is 4.98 Å². The van der Waals surface area contributed by atoms with Crippen LogP contribution in [0.5, 0.6) is 11.5 Å². The van der Waals surface area contributed by atoms with Crippen molar-refractivity contribution in [3.8, 4) is 22.8 Å². The van der Waals surface area contributed by atoms with E-state index in [2.05, 4.69) is 10.3 Å². The van der Waals surface area contributed by atoms with Gasteiger partial charge in [-0.15, -0.1) is 11.3 Å². The van der Waals surface area contributed by atoms with Crippen LogP contribution in [0.25, 0.3) is 11.3 Å². The maximum atomic E-state index is 12.4. The fourth-order valence-electron chi connectivity index (χ4n) is 2.31. The second-order valence-corrected chi connectivity index (χ2v) is 6.88. The summed E-state index contributed by atoms with van der Waals surface area (Å²) in [5.74, 6) is 0.966. The molecule has 0 bridgehead atoms. The normalized spacial score (nSPS) is 10.5. The van der Waals surface area contributed by atoms with E-state index in [1.807, 2.05) is 11.4 Å². The number of halogens is 2. The van der Waals surface area contributed by atoms with E-state index in [-0.39, 0.29) is 11.5 Å². The first-order valence-corrected chi connectivity index (χ1v) is 9.09. The van der Waals surface area contributed by atoms with Crippen LogP contribution in [-0.2, 0) is 0 Å². The number of thiazole rings is 1. The van der Waals surface area contributed by atoms with Gasteiger partial charge in [-0.05, 0) is 36.4 Å². The zero-order chi connectivity index (χ0) is 18.7. The van der Waals surface area contributed by atoms with E-state index in [1.165, 1.54) is 17.4 Å². The van der Waals surface area contributed by atoms with Crippen molar-refractivity contribution in [2.75, 3.05) is 19.5 Å². The second kappa shape index (κ2) is 7.95. The molecule has 0 unspecified atom stereocenters. The number of nitrogens with zero attached hydrogens (tertiary/aromatic N) is 1. The largest absolute Gasteiger partial charge is 0.497 e. The van der Waals surface area contributed by atoms with Crippen LogP contribution in [-0.4, -0.2) is 25.1 Å². The zero-order valence-electron chi connectivity index (χ0n) is 13.9. The van der Waals surface area contributed by atoms with Crippen molar-refractivity contribution < 1.29 is 14.3 Å². The highest BCUT2D eigenvalue weighted by Gasteiger charge is 2.15. The van der Waals surface area contributed by atoms with Crippen LogP contribution in [0.2, 0.25) is 10.0 Å². The van der Waals surface area contributed by atoms with Crippen LogP contribution in [0.3, 0.4) is 0 Å². The Bertz CT molecular complexity index is 959. The van der Waals surface area contributed by atoms with Crippen LogP contribution in [0, 0.1) is 0 Å². The lowest BCUT2D eigenvalue weighted by Gasteiger charge is -2.08. The average Bonchev–Trinajstić information content (AvgIpc) is 3.11. The molecule has 0 aliphatic heterocycles. The van der Waals surface area contributed by atoms with Gasteiger partial charge in [-0.2, -0.15) is 0 Å². The molecule has 0 atom stereocenters. The smallest absolute Gasteiger partial charge is 0.259 e. The zero-order valence-corrected chi connectivity index (χ0v) is 16.2. The van der Waals surface area contributed by atoms with Gasteiger partial charge in [0, 0.05) is 16.0 Å². The molecule has 0 saturated carbocycles. The van der Waals surface area contributed by atoms with Gasteiger partial charge in [0.2, 0.25) is 0 Å². The Kier molecular flexibility index (Phi) is 5.66. The number of carbonyl (C=O) groups excluding carboxylic acids is 1. The van der Waals surface area contributed by atoms with E-state index in [0.717, 1.165) is 5.56 Å². The third kappa shape index (κ3) is 3.93. The SMILES string of the molecule is COc1ccc(OC)c(-c2csc(NC(=O)c3cc(Cl)ccc3Cl)n2)c1. The number of ether oxygens (including phenoxy) is 2. The molecule has 0 aliphatic carbocycles. The molecule has 1 amide bonds. The second-order valence-electron chi connectivity index (χ2n) is 5.18. The van der Waals surface area contributed by atoms with E-state index in [1.54, 1.807) is 38.5 Å². The van der Waals surface area contributed by atoms with Crippen LogP contribution in [0.15, 0.2) is 41.8 Å². The summed E-state index contributed by atoms with van der Waals surface area (Å²) in [5, 5.41) is 5.75. The Morgan fingerprint density at radius 2 is 1.92 bits per heavy atom. The van der Waals surface area contributed by atoms with E-state index in [0.29, 0.717) is 32.4 Å². The van der Waals surface area contributed by atoms with Gasteiger partial charge in [0.1, 0.15) is 11.5 Å². The molecule has 0 aliphatic rings. The lowest BCUT2D eigenvalue weighted by molar-refractivity contribution is 0.102. The quantitative estimate of drug-likeness (QED) is 0.614. The molecule has 0 radical (unpaired) electrons. The molecule has 1 aromatic heterocycles. The first-order chi connectivity index (χ1) is 12.5. The summed E-state index contributed by atoms with van der Waals surface area (Å²) in [6.45, 7) is 0. The summed E-state index contributed by atoms with van der Waals surface area (Å²) in [7, 11) is 3.18. The van der Waals surface area contributed by atoms with Crippen molar-refractivity contribution in [3.63, 3.8) is 0 Å². The van der Waals surface area contributed by atoms with Crippen molar-refractivity contribution in [2.24, 2.45) is 0 Å². The van der Waals surface area contributed by atoms with Crippen LogP contribution < -0.4 is 14.8 Å². The van der Waals surface area contributed by atoms with E-state index >= 15 is 0 Å². The number of carbonyl (C=O) groups is 1. The number of hydrogen-bond acceptors (Lipinski definition) is 5. The van der Waals surface area contributed by atoms with Crippen LogP contribution in [0.4, 0.5) is 5.13 Å². The van der Waals surface area contributed by atoms with Gasteiger partial charge in [0.15, 0.2) is 5.13 Å². The van der Waals surface area contributed by atoms with Crippen molar-refractivity contribution >= 4 is 45.6 Å². The molecule has 8 heteroatoms. The Morgan fingerprint density at radius 3 is 2.65 bits per heavy atom. The maximum absolute atomic E-state index is 12.4. The van der Waals surface area contributed by atoms with Gasteiger partial charge in [-0.3, -0.25) is 10.1 Å². The van der Waals surface area contributed by atoms with Gasteiger partial charge in [0.25, 0.3) is 5.91 Å². The summed E-state index contributed by atoms with van der Waals surface area (Å²) in [4.78, 5) is 16.9. The molecule has 134 valence electrons. The summed E-state index contributed by atoms with van der Waals surface area (Å²) in [5.41, 5.74) is 1.72. The average molecular weight is 409 g/mol. The highest BCUT2D eigenvalue weighted by Crippen LogP contribution is 2.35. The van der Waals surface area contributed by atoms with E-state index < -0.39 is 0 Å². The van der Waals surface area contributed by atoms with Gasteiger partial charge in [-0.1, -0.05) is 23.2 Å². The standard InChI is InChI=1S/C18H14Cl2N2O3S/c1-24-11-4-6-16(25-2)13(8-11)15-9-26-18(21-15)22-17(23)12-7-10(19)3-5-14(12)20/h3-9H,1-2H3,(H,21,22,23). The summed E-state index contributed by atoms with van der Waals surface area (Å²) < 4.78 is 10.6. The third-order valence-corrected chi connectivity index (χ3v) is 4.90. The number of aromatic nitrogens is 1. The number of amides is 1. The number of rotatable bonds is 5. The number of benzene rings is 2. The van der Waals surface area contributed by atoms with E-state index in [4.69, 9.17) is 32.7 Å². The number of methoxy groups -OCH3 is 2. The monoisotopic (exact) mass is 408 g/mol. The van der Waals surface area contributed by atoms with Crippen LogP contribution in [0.1, 0.15) is 10.4 Å². The van der Waals surface area contributed by atoms with Gasteiger partial charge < -0.3 is 9.47 Å². The minimum atomic E-state index is -0.379. The Hall–Kier alpha value is -2.28. The van der Waals surface area contributed by atoms with Crippen LogP contribution >= 0.6 is 34.5 Å². The molecule has 0 saturated heterocycles. The summed E-state index contributed by atoms with van der Waals surface area (Å²) in [6.07, 6.45) is 0. The van der Waals surface area contributed by atoms with Gasteiger partial charge >= 0.3 is 0 Å². The highest BCUT2D eigenvalue weighted by atomic mass is 35.5. The predicted octanol–water partition coefficient (Wildman–Crippen LogP) is 5.39. The molecule has 3 aromatic rings. The molecular weight excluding hydrogens is 395 g/mol. The van der Waals surface area contributed by atoms with Gasteiger partial charge in [-0.25, -0.2) is 4.98 Å². The lowest BCUT2D eigenvalue weighted by atomic mass is 10.1. The topological polar surface area (TPSA) is 60.5 Å². The number of anilines is 1. The Morgan fingerprint density at radius 1 is 1.12 bits per heavy atom. The summed E-state index contributed by atoms with van der Waals surface area (Å²) in [6, 6.07) is 10.1. The fourth-order valence-corrected chi connectivity index (χ4v) is 3.39. The third-order valence-electron chi connectivity index (χ3n) is 3.58. The first kappa shape index (κ1) is 18.5. The molecule has 0 fully saturated rings. The molecule has 26 heavy (non-hydrogen) atoms. The maximum Gasteiger partial charge on any atom is 0.259 e. The van der Waals surface area contributed by atoms with E-state index in [9.17, 15) is 4.79 Å². The highest BCUT2D eigenvalue weighted by molar-refractivity contribution is 7.14. The van der Waals surface area contributed by atoms with Gasteiger partial charge in [0.05, 0.1) is 30.5 Å². The molecular formula is C18H14Cl2N2O3S. The summed E-state index contributed by atoms with van der Waals surface area (Å²) >= 11 is 13.3. The van der Waals surface area contributed by atoms with Crippen molar-refractivity contribution in [1.29, 1.82) is 0 Å².